The molecule has 0 bridgehead atoms. The van der Waals surface area contributed by atoms with Crippen LogP contribution in [-0.4, -0.2) is 99.4 Å². The van der Waals surface area contributed by atoms with Gasteiger partial charge in [0.1, 0.15) is 35.6 Å². The summed E-state index contributed by atoms with van der Waals surface area (Å²) in [6.07, 6.45) is -6.77. The second-order valence-electron chi connectivity index (χ2n) is 11.0. The Hall–Kier alpha value is -4.08. The molecule has 1 fully saturated rings. The van der Waals surface area contributed by atoms with Crippen LogP contribution in [0.1, 0.15) is 75.8 Å². The molecule has 1 aliphatic heterocycles. The van der Waals surface area contributed by atoms with Crippen molar-refractivity contribution in [2.24, 2.45) is 0 Å². The molecule has 3 aliphatic rings. The highest BCUT2D eigenvalue weighted by atomic mass is 16.7. The zero-order valence-electron chi connectivity index (χ0n) is 24.2. The van der Waals surface area contributed by atoms with Crippen molar-refractivity contribution in [2.45, 2.75) is 69.4 Å². The van der Waals surface area contributed by atoms with Crippen molar-refractivity contribution in [1.82, 2.24) is 5.32 Å². The van der Waals surface area contributed by atoms with E-state index in [0.29, 0.717) is 0 Å². The van der Waals surface area contributed by atoms with Gasteiger partial charge in [-0.1, -0.05) is 12.1 Å². The summed E-state index contributed by atoms with van der Waals surface area (Å²) in [7, 11) is 1.31. The molecule has 0 radical (unpaired) electrons. The van der Waals surface area contributed by atoms with Gasteiger partial charge in [-0.2, -0.15) is 0 Å². The van der Waals surface area contributed by atoms with E-state index in [1.54, 1.807) is 6.92 Å². The van der Waals surface area contributed by atoms with E-state index >= 15 is 0 Å². The van der Waals surface area contributed by atoms with Crippen molar-refractivity contribution in [2.75, 3.05) is 20.3 Å². The SMILES string of the molecule is CCOC(=O)N[C@H]1C[C@H](OC2C[C@](O)(C(=O)CO)Cc3c(O)c4c(c(O)c32)C(=O)c2c(OC)cccc2C4=O)O[C@@H](C)[C@H]1O. The first-order chi connectivity index (χ1) is 20.9. The van der Waals surface area contributed by atoms with E-state index in [2.05, 4.69) is 5.32 Å². The summed E-state index contributed by atoms with van der Waals surface area (Å²) in [6, 6.07) is 3.41. The van der Waals surface area contributed by atoms with Crippen molar-refractivity contribution in [3.05, 3.63) is 51.6 Å². The van der Waals surface area contributed by atoms with Crippen LogP contribution in [0, 0.1) is 0 Å². The molecule has 236 valence electrons. The molecule has 5 rings (SSSR count). The minimum Gasteiger partial charge on any atom is -0.507 e. The molecule has 6 N–H and O–H groups in total. The molecule has 2 aliphatic carbocycles. The topological polar surface area (TPSA) is 218 Å². The zero-order valence-corrected chi connectivity index (χ0v) is 24.2. The van der Waals surface area contributed by atoms with Crippen molar-refractivity contribution in [1.29, 1.82) is 0 Å². The molecule has 6 atom stereocenters. The van der Waals surface area contributed by atoms with Gasteiger partial charge in [-0.05, 0) is 19.9 Å². The number of phenols is 2. The number of carbonyl (C=O) groups is 4. The number of carbonyl (C=O) groups excluding carboxylic acids is 4. The number of methoxy groups -OCH3 is 1. The largest absolute Gasteiger partial charge is 0.507 e. The van der Waals surface area contributed by atoms with E-state index in [1.807, 2.05) is 0 Å². The number of fused-ring (bicyclic) bond motifs is 3. The van der Waals surface area contributed by atoms with Crippen LogP contribution in [0.3, 0.4) is 0 Å². The third kappa shape index (κ3) is 5.08. The molecule has 1 unspecified atom stereocenters. The molecule has 44 heavy (non-hydrogen) atoms. The number of aliphatic hydroxyl groups excluding tert-OH is 2. The van der Waals surface area contributed by atoms with E-state index in [1.165, 1.54) is 32.2 Å². The first-order valence-corrected chi connectivity index (χ1v) is 14.0. The molecule has 14 heteroatoms. The van der Waals surface area contributed by atoms with Crippen LogP contribution in [-0.2, 0) is 25.4 Å². The first kappa shape index (κ1) is 31.3. The lowest BCUT2D eigenvalue weighted by molar-refractivity contribution is -0.249. The molecule has 0 spiro atoms. The second kappa shape index (κ2) is 11.8. The number of Topliss-reactive ketones (excluding diaryl/α,β-unsaturated/α-hetero) is 1. The predicted molar refractivity (Wildman–Crippen MR) is 148 cm³/mol. The van der Waals surface area contributed by atoms with Crippen LogP contribution >= 0.6 is 0 Å². The van der Waals surface area contributed by atoms with Gasteiger partial charge >= 0.3 is 6.09 Å². The van der Waals surface area contributed by atoms with Crippen molar-refractivity contribution in [3.8, 4) is 17.2 Å². The smallest absolute Gasteiger partial charge is 0.407 e. The van der Waals surface area contributed by atoms with Gasteiger partial charge in [0, 0.05) is 36.0 Å². The fourth-order valence-corrected chi connectivity index (χ4v) is 6.18. The van der Waals surface area contributed by atoms with Crippen molar-refractivity contribution >= 4 is 23.4 Å². The number of hydrogen-bond donors (Lipinski definition) is 6. The number of benzene rings is 2. The Balaban J connectivity index is 1.61. The van der Waals surface area contributed by atoms with E-state index < -0.39 is 102 Å². The van der Waals surface area contributed by atoms with Crippen LogP contribution in [0.15, 0.2) is 18.2 Å². The summed E-state index contributed by atoms with van der Waals surface area (Å²) < 4.78 is 22.1. The third-order valence-electron chi connectivity index (χ3n) is 8.34. The van der Waals surface area contributed by atoms with Gasteiger partial charge in [0.15, 0.2) is 17.9 Å². The summed E-state index contributed by atoms with van der Waals surface area (Å²) in [4.78, 5) is 52.2. The van der Waals surface area contributed by atoms with Gasteiger partial charge < -0.3 is 49.8 Å². The predicted octanol–water partition coefficient (Wildman–Crippen LogP) is 0.789. The highest BCUT2D eigenvalue weighted by molar-refractivity contribution is 6.31. The standard InChI is InChI=1S/C30H33NO13/c1-4-42-29(39)31-15-8-19(43-12(2)24(15)34)44-17-10-30(40,18(33)11-32)9-14-21(17)28(38)23-22(26(14)36)25(35)13-6-5-7-16(41-3)20(13)27(23)37/h5-7,12,15,17,19,24,32,34,36,38,40H,4,8-11H2,1-3H3,(H,31,39)/t12-,15-,17?,19-,24+,30-/m0/s1. The molecule has 2 aromatic carbocycles. The van der Waals surface area contributed by atoms with E-state index in [4.69, 9.17) is 18.9 Å². The van der Waals surface area contributed by atoms with E-state index in [9.17, 15) is 44.7 Å². The minimum atomic E-state index is -2.31. The molecule has 0 saturated carbocycles. The monoisotopic (exact) mass is 615 g/mol. The molecule has 1 heterocycles. The lowest BCUT2D eigenvalue weighted by Gasteiger charge is -2.42. The first-order valence-electron chi connectivity index (χ1n) is 14.0. The maximum absolute atomic E-state index is 13.8. The molecule has 2 aromatic rings. The van der Waals surface area contributed by atoms with Crippen LogP contribution < -0.4 is 10.1 Å². The average molecular weight is 616 g/mol. The zero-order chi connectivity index (χ0) is 32.1. The number of ether oxygens (including phenoxy) is 4. The summed E-state index contributed by atoms with van der Waals surface area (Å²) in [5, 5.41) is 57.1. The Labute approximate surface area is 251 Å². The van der Waals surface area contributed by atoms with Crippen molar-refractivity contribution in [3.63, 3.8) is 0 Å². The maximum Gasteiger partial charge on any atom is 0.407 e. The Kier molecular flexibility index (Phi) is 8.39. The summed E-state index contributed by atoms with van der Waals surface area (Å²) in [5.74, 6) is -4.00. The van der Waals surface area contributed by atoms with Crippen LogP contribution in [0.5, 0.6) is 17.2 Å². The maximum atomic E-state index is 13.8. The number of hydrogen-bond acceptors (Lipinski definition) is 13. The number of ketones is 3. The number of amides is 1. The van der Waals surface area contributed by atoms with Gasteiger partial charge in [0.2, 0.25) is 5.78 Å². The molecule has 1 amide bonds. The number of aromatic hydroxyl groups is 2. The van der Waals surface area contributed by atoms with Crippen LogP contribution in [0.2, 0.25) is 0 Å². The number of nitrogens with one attached hydrogen (secondary N) is 1. The fourth-order valence-electron chi connectivity index (χ4n) is 6.18. The third-order valence-corrected chi connectivity index (χ3v) is 8.34. The highest BCUT2D eigenvalue weighted by Crippen LogP contribution is 2.52. The quantitative estimate of drug-likeness (QED) is 0.203. The number of alkyl carbamates (subject to hydrolysis) is 1. The lowest BCUT2D eigenvalue weighted by atomic mass is 9.72. The van der Waals surface area contributed by atoms with Gasteiger partial charge in [-0.25, -0.2) is 4.79 Å². The highest BCUT2D eigenvalue weighted by Gasteiger charge is 2.50. The number of aliphatic hydroxyl groups is 3. The lowest BCUT2D eigenvalue weighted by Crippen LogP contribution is -2.56. The Bertz CT molecular complexity index is 1540. The molecule has 0 aromatic heterocycles. The Morgan fingerprint density at radius 1 is 1.11 bits per heavy atom. The minimum absolute atomic E-state index is 0.0714. The van der Waals surface area contributed by atoms with Crippen LogP contribution in [0.25, 0.3) is 0 Å². The Morgan fingerprint density at radius 3 is 2.48 bits per heavy atom. The van der Waals surface area contributed by atoms with Gasteiger partial charge in [0.25, 0.3) is 0 Å². The summed E-state index contributed by atoms with van der Waals surface area (Å²) >= 11 is 0. The molecule has 1 saturated heterocycles. The van der Waals surface area contributed by atoms with Crippen LogP contribution in [0.4, 0.5) is 4.79 Å². The summed E-state index contributed by atoms with van der Waals surface area (Å²) in [5.41, 5.74) is -3.94. The molecule has 14 nitrogen and oxygen atoms in total. The summed E-state index contributed by atoms with van der Waals surface area (Å²) in [6.45, 7) is 2.16. The molecular formula is C30H33NO13. The fraction of sp³-hybridized carbons (Fsp3) is 0.467. The molecular weight excluding hydrogens is 582 g/mol. The normalized spacial score (nSPS) is 27.5. The van der Waals surface area contributed by atoms with E-state index in [-0.39, 0.29) is 41.0 Å². The average Bonchev–Trinajstić information content (AvgIpc) is 2.99. The van der Waals surface area contributed by atoms with Gasteiger partial charge in [-0.15, -0.1) is 0 Å². The Morgan fingerprint density at radius 2 is 1.82 bits per heavy atom. The van der Waals surface area contributed by atoms with Crippen molar-refractivity contribution < 1.29 is 63.7 Å². The van der Waals surface area contributed by atoms with Gasteiger partial charge in [0.05, 0.1) is 48.7 Å². The second-order valence-corrected chi connectivity index (χ2v) is 11.0. The van der Waals surface area contributed by atoms with E-state index in [0.717, 1.165) is 0 Å². The number of rotatable bonds is 7. The van der Waals surface area contributed by atoms with Gasteiger partial charge in [-0.3, -0.25) is 14.4 Å². The number of phenolic OH excluding ortho intramolecular Hbond substituents is 2.